The molecule has 1 amide bonds. The molecule has 0 bridgehead atoms. The molecule has 3 rings (SSSR count). The second-order valence-electron chi connectivity index (χ2n) is 7.67. The fourth-order valence-corrected chi connectivity index (χ4v) is 4.20. The molecule has 2 N–H and O–H groups in total. The summed E-state index contributed by atoms with van der Waals surface area (Å²) < 4.78 is 5.41. The van der Waals surface area contributed by atoms with Gasteiger partial charge in [0.25, 0.3) is 0 Å². The predicted molar refractivity (Wildman–Crippen MR) is 118 cm³/mol. The maximum Gasteiger partial charge on any atom is 0.410 e. The first-order valence-electron chi connectivity index (χ1n) is 10.5. The van der Waals surface area contributed by atoms with E-state index >= 15 is 0 Å². The van der Waals surface area contributed by atoms with Gasteiger partial charge in [0, 0.05) is 29.2 Å². The number of hydrogen-bond acceptors (Lipinski definition) is 5. The minimum absolute atomic E-state index is 0.175. The summed E-state index contributed by atoms with van der Waals surface area (Å²) in [6.45, 7) is 2.62. The summed E-state index contributed by atoms with van der Waals surface area (Å²) in [4.78, 5) is 14.1. The molecule has 1 saturated heterocycles. The molecule has 164 valence electrons. The topological polar surface area (TPSA) is 83.1 Å². The highest BCUT2D eigenvalue weighted by molar-refractivity contribution is 6.34. The third-order valence-electron chi connectivity index (χ3n) is 5.30. The largest absolute Gasteiger partial charge is 0.445 e. The second kappa shape index (κ2) is 12.1. The summed E-state index contributed by atoms with van der Waals surface area (Å²) in [5.74, 6) is 0. The van der Waals surface area contributed by atoms with Crippen LogP contribution in [0, 0.1) is 0 Å². The fraction of sp³-hybridized carbons (Fsp3) is 0.571. The fourth-order valence-electron chi connectivity index (χ4n) is 3.63. The number of unbranched alkanes of at least 4 members (excludes halogenated alkanes) is 3. The molecule has 1 aromatic heterocycles. The normalized spacial score (nSPS) is 14.8. The van der Waals surface area contributed by atoms with Crippen molar-refractivity contribution in [2.45, 2.75) is 57.6 Å². The van der Waals surface area contributed by atoms with Crippen LogP contribution in [0.2, 0.25) is 10.0 Å². The Labute approximate surface area is 187 Å². The molecule has 2 heterocycles. The molecule has 0 saturated carbocycles. The van der Waals surface area contributed by atoms with Crippen LogP contribution in [0.25, 0.3) is 0 Å². The van der Waals surface area contributed by atoms with Gasteiger partial charge in [-0.2, -0.15) is 15.4 Å². The molecule has 0 radical (unpaired) electrons. The lowest BCUT2D eigenvalue weighted by atomic mass is 10.0. The lowest BCUT2D eigenvalue weighted by Gasteiger charge is -2.31. The highest BCUT2D eigenvalue weighted by atomic mass is 35.5. The smallest absolute Gasteiger partial charge is 0.410 e. The first-order valence-corrected chi connectivity index (χ1v) is 11.3. The van der Waals surface area contributed by atoms with Gasteiger partial charge >= 0.3 is 6.09 Å². The average molecular weight is 454 g/mol. The SMILES string of the molecule is O=C(OCc1cc(Cl)cc(Cl)c1)N1CCC(NCCCCCCc2cn[nH]n2)CC1. The number of amides is 1. The Kier molecular flexibility index (Phi) is 9.24. The zero-order valence-corrected chi connectivity index (χ0v) is 18.6. The number of benzene rings is 1. The highest BCUT2D eigenvalue weighted by Crippen LogP contribution is 2.20. The van der Waals surface area contributed by atoms with Crippen molar-refractivity contribution in [2.75, 3.05) is 19.6 Å². The molecule has 0 spiro atoms. The molecular weight excluding hydrogens is 425 g/mol. The molecule has 9 heteroatoms. The standard InChI is InChI=1S/C21H29Cl2N5O2/c22-17-11-16(12-18(23)13-17)15-30-21(29)28-9-6-19(7-10-28)24-8-4-2-1-3-5-20-14-25-27-26-20/h11-14,19,24H,1-10,15H2,(H,25,26,27). The molecule has 0 unspecified atom stereocenters. The van der Waals surface area contributed by atoms with Crippen LogP contribution in [0.4, 0.5) is 4.79 Å². The van der Waals surface area contributed by atoms with E-state index in [2.05, 4.69) is 20.7 Å². The van der Waals surface area contributed by atoms with Crippen LogP contribution in [0.5, 0.6) is 0 Å². The van der Waals surface area contributed by atoms with Crippen molar-refractivity contribution in [3.8, 4) is 0 Å². The van der Waals surface area contributed by atoms with Gasteiger partial charge in [0.2, 0.25) is 0 Å². The number of hydrogen-bond donors (Lipinski definition) is 2. The number of rotatable bonds is 10. The van der Waals surface area contributed by atoms with Crippen LogP contribution in [0.3, 0.4) is 0 Å². The Hall–Kier alpha value is -1.83. The van der Waals surface area contributed by atoms with E-state index < -0.39 is 0 Å². The van der Waals surface area contributed by atoms with E-state index in [1.807, 2.05) is 0 Å². The number of carbonyl (C=O) groups is 1. The van der Waals surface area contributed by atoms with Crippen LogP contribution in [0.15, 0.2) is 24.4 Å². The number of nitrogens with one attached hydrogen (secondary N) is 2. The molecule has 30 heavy (non-hydrogen) atoms. The zero-order valence-electron chi connectivity index (χ0n) is 17.1. The van der Waals surface area contributed by atoms with E-state index in [0.717, 1.165) is 43.5 Å². The summed E-state index contributed by atoms with van der Waals surface area (Å²) >= 11 is 12.0. The number of H-pyrrole nitrogens is 1. The van der Waals surface area contributed by atoms with Gasteiger partial charge in [-0.1, -0.05) is 36.0 Å². The van der Waals surface area contributed by atoms with Crippen molar-refractivity contribution in [3.63, 3.8) is 0 Å². The van der Waals surface area contributed by atoms with Crippen molar-refractivity contribution < 1.29 is 9.53 Å². The van der Waals surface area contributed by atoms with Crippen molar-refractivity contribution in [2.24, 2.45) is 0 Å². The quantitative estimate of drug-likeness (QED) is 0.513. The van der Waals surface area contributed by atoms with E-state index in [4.69, 9.17) is 27.9 Å². The number of aryl methyl sites for hydroxylation is 1. The lowest BCUT2D eigenvalue weighted by molar-refractivity contribution is 0.0853. The number of aromatic amines is 1. The summed E-state index contributed by atoms with van der Waals surface area (Å²) in [5, 5.41) is 15.2. The van der Waals surface area contributed by atoms with Crippen LogP contribution >= 0.6 is 23.2 Å². The summed E-state index contributed by atoms with van der Waals surface area (Å²) in [5.41, 5.74) is 1.83. The Morgan fingerprint density at radius 2 is 1.87 bits per heavy atom. The van der Waals surface area contributed by atoms with Gasteiger partial charge in [-0.25, -0.2) is 4.79 Å². The third kappa shape index (κ3) is 7.78. The Morgan fingerprint density at radius 1 is 1.13 bits per heavy atom. The van der Waals surface area contributed by atoms with E-state index in [-0.39, 0.29) is 12.7 Å². The van der Waals surface area contributed by atoms with Crippen LogP contribution in [-0.2, 0) is 17.8 Å². The van der Waals surface area contributed by atoms with Gasteiger partial charge in [0.1, 0.15) is 6.61 Å². The molecule has 0 aliphatic carbocycles. The van der Waals surface area contributed by atoms with E-state index in [9.17, 15) is 4.79 Å². The van der Waals surface area contributed by atoms with Gasteiger partial charge in [0.15, 0.2) is 0 Å². The molecule has 2 aromatic rings. The maximum absolute atomic E-state index is 12.3. The van der Waals surface area contributed by atoms with Gasteiger partial charge in [-0.3, -0.25) is 0 Å². The first kappa shape index (κ1) is 22.8. The highest BCUT2D eigenvalue weighted by Gasteiger charge is 2.23. The molecule has 1 aromatic carbocycles. The van der Waals surface area contributed by atoms with Crippen molar-refractivity contribution >= 4 is 29.3 Å². The molecule has 0 atom stereocenters. The second-order valence-corrected chi connectivity index (χ2v) is 8.55. The first-order chi connectivity index (χ1) is 14.6. The number of nitrogens with zero attached hydrogens (tertiary/aromatic N) is 3. The molecular formula is C21H29Cl2N5O2. The van der Waals surface area contributed by atoms with Crippen molar-refractivity contribution in [3.05, 3.63) is 45.7 Å². The summed E-state index contributed by atoms with van der Waals surface area (Å²) in [6.07, 6.45) is 9.13. The van der Waals surface area contributed by atoms with Gasteiger partial charge in [-0.15, -0.1) is 0 Å². The zero-order chi connectivity index (χ0) is 21.2. The lowest BCUT2D eigenvalue weighted by Crippen LogP contribution is -2.45. The third-order valence-corrected chi connectivity index (χ3v) is 5.73. The average Bonchev–Trinajstić information content (AvgIpc) is 3.24. The number of ether oxygens (including phenoxy) is 1. The maximum atomic E-state index is 12.3. The Balaban J connectivity index is 1.23. The van der Waals surface area contributed by atoms with Crippen LogP contribution in [0.1, 0.15) is 49.8 Å². The number of aromatic nitrogens is 3. The van der Waals surface area contributed by atoms with Crippen molar-refractivity contribution in [1.82, 2.24) is 25.6 Å². The van der Waals surface area contributed by atoms with Gasteiger partial charge < -0.3 is 15.0 Å². The molecule has 1 fully saturated rings. The predicted octanol–water partition coefficient (Wildman–Crippen LogP) is 4.61. The van der Waals surface area contributed by atoms with E-state index in [1.165, 1.54) is 19.3 Å². The molecule has 1 aliphatic rings. The number of carbonyl (C=O) groups excluding carboxylic acids is 1. The number of likely N-dealkylation sites (tertiary alicyclic amines) is 1. The molecule has 7 nitrogen and oxygen atoms in total. The van der Waals surface area contributed by atoms with Crippen LogP contribution in [-0.4, -0.2) is 52.1 Å². The van der Waals surface area contributed by atoms with Crippen LogP contribution < -0.4 is 5.32 Å². The minimum Gasteiger partial charge on any atom is -0.445 e. The van der Waals surface area contributed by atoms with Gasteiger partial charge in [-0.05, 0) is 62.4 Å². The van der Waals surface area contributed by atoms with E-state index in [0.29, 0.717) is 29.2 Å². The van der Waals surface area contributed by atoms with E-state index in [1.54, 1.807) is 29.3 Å². The number of piperidine rings is 1. The van der Waals surface area contributed by atoms with Gasteiger partial charge in [0.05, 0.1) is 11.9 Å². The summed E-state index contributed by atoms with van der Waals surface area (Å²) in [7, 11) is 0. The summed E-state index contributed by atoms with van der Waals surface area (Å²) in [6, 6.07) is 5.64. The monoisotopic (exact) mass is 453 g/mol. The van der Waals surface area contributed by atoms with Crippen molar-refractivity contribution in [1.29, 1.82) is 0 Å². The number of halogens is 2. The Bertz CT molecular complexity index is 759. The Morgan fingerprint density at radius 3 is 2.57 bits per heavy atom. The minimum atomic E-state index is -0.281. The molecule has 1 aliphatic heterocycles.